The van der Waals surface area contributed by atoms with Crippen molar-refractivity contribution in [3.8, 4) is 0 Å². The van der Waals surface area contributed by atoms with Crippen LogP contribution >= 0.6 is 22.6 Å². The monoisotopic (exact) mass is 340 g/mol. The van der Waals surface area contributed by atoms with Gasteiger partial charge in [-0.05, 0) is 48.3 Å². The van der Waals surface area contributed by atoms with Crippen molar-refractivity contribution in [1.29, 1.82) is 0 Å². The van der Waals surface area contributed by atoms with Crippen LogP contribution < -0.4 is 0 Å². The van der Waals surface area contributed by atoms with Gasteiger partial charge in [0.05, 0.1) is 26.2 Å². The molecule has 2 saturated heterocycles. The van der Waals surface area contributed by atoms with Crippen molar-refractivity contribution >= 4 is 28.6 Å². The summed E-state index contributed by atoms with van der Waals surface area (Å²) in [7, 11) is 0. The molecule has 0 spiro atoms. The normalized spacial score (nSPS) is 37.6. The van der Waals surface area contributed by atoms with Crippen LogP contribution in [0.1, 0.15) is 32.1 Å². The van der Waals surface area contributed by atoms with Crippen molar-refractivity contribution in [3.05, 3.63) is 0 Å². The molecule has 2 bridgehead atoms. The Morgan fingerprint density at radius 3 is 2.56 bits per heavy atom. The summed E-state index contributed by atoms with van der Waals surface area (Å²) in [6, 6.07) is 0. The molecule has 3 fully saturated rings. The van der Waals surface area contributed by atoms with Crippen molar-refractivity contribution < 1.29 is 19.4 Å². The second-order valence-electron chi connectivity index (χ2n) is 4.87. The standard InChI is InChI=1S/C11H17IO4/c12-11-4-2-10(3-5-11,8-16-11)7-15-6-1-9(13)14/h1-8H2,(H,13,14). The van der Waals surface area contributed by atoms with E-state index in [2.05, 4.69) is 22.6 Å². The van der Waals surface area contributed by atoms with E-state index in [0.717, 1.165) is 32.3 Å². The molecule has 5 heteroatoms. The topological polar surface area (TPSA) is 55.8 Å². The number of rotatable bonds is 5. The van der Waals surface area contributed by atoms with Crippen LogP contribution in [0.25, 0.3) is 0 Å². The van der Waals surface area contributed by atoms with Gasteiger partial charge in [0, 0.05) is 5.41 Å². The zero-order valence-electron chi connectivity index (χ0n) is 9.21. The van der Waals surface area contributed by atoms with Crippen molar-refractivity contribution in [2.75, 3.05) is 19.8 Å². The highest BCUT2D eigenvalue weighted by Crippen LogP contribution is 2.51. The summed E-state index contributed by atoms with van der Waals surface area (Å²) in [6.45, 7) is 1.72. The maximum absolute atomic E-state index is 10.3. The minimum atomic E-state index is -0.799. The number of fused-ring (bicyclic) bond motifs is 3. The summed E-state index contributed by atoms with van der Waals surface area (Å²) in [4.78, 5) is 10.3. The molecule has 2 aliphatic heterocycles. The Hall–Kier alpha value is 0.120. The van der Waals surface area contributed by atoms with Gasteiger partial charge in [0.15, 0.2) is 0 Å². The predicted molar refractivity (Wildman–Crippen MR) is 66.7 cm³/mol. The average Bonchev–Trinajstić information content (AvgIpc) is 2.27. The zero-order valence-corrected chi connectivity index (χ0v) is 11.4. The van der Waals surface area contributed by atoms with E-state index >= 15 is 0 Å². The molecule has 3 rings (SSSR count). The highest BCUT2D eigenvalue weighted by molar-refractivity contribution is 14.1. The molecule has 0 aromatic rings. The number of hydrogen-bond donors (Lipinski definition) is 1. The van der Waals surface area contributed by atoms with E-state index in [0.29, 0.717) is 13.2 Å². The first kappa shape index (κ1) is 12.6. The fraction of sp³-hybridized carbons (Fsp3) is 0.909. The zero-order chi connectivity index (χ0) is 11.6. The highest BCUT2D eigenvalue weighted by Gasteiger charge is 2.48. The molecule has 0 amide bonds. The smallest absolute Gasteiger partial charge is 0.305 e. The molecule has 3 aliphatic rings. The molecule has 0 atom stereocenters. The van der Waals surface area contributed by atoms with Crippen molar-refractivity contribution in [1.82, 2.24) is 0 Å². The average molecular weight is 340 g/mol. The molecule has 16 heavy (non-hydrogen) atoms. The van der Waals surface area contributed by atoms with Crippen LogP contribution in [-0.4, -0.2) is 34.5 Å². The molecule has 0 unspecified atom stereocenters. The molecule has 1 aliphatic carbocycles. The fourth-order valence-electron chi connectivity index (χ4n) is 2.36. The van der Waals surface area contributed by atoms with E-state index in [1.165, 1.54) is 0 Å². The van der Waals surface area contributed by atoms with Crippen LogP contribution in [0.2, 0.25) is 0 Å². The van der Waals surface area contributed by atoms with E-state index < -0.39 is 5.97 Å². The van der Waals surface area contributed by atoms with Crippen molar-refractivity contribution in [2.24, 2.45) is 5.41 Å². The lowest BCUT2D eigenvalue weighted by atomic mass is 9.72. The van der Waals surface area contributed by atoms with Crippen molar-refractivity contribution in [2.45, 2.75) is 35.7 Å². The highest BCUT2D eigenvalue weighted by atomic mass is 127. The molecule has 1 N–H and O–H groups in total. The Morgan fingerprint density at radius 2 is 2.06 bits per heavy atom. The molecule has 0 radical (unpaired) electrons. The summed E-state index contributed by atoms with van der Waals surface area (Å²) >= 11 is 2.41. The lowest BCUT2D eigenvalue weighted by molar-refractivity contribution is -0.152. The Labute approximate surface area is 109 Å². The Kier molecular flexibility index (Phi) is 3.75. The molecule has 92 valence electrons. The van der Waals surface area contributed by atoms with Crippen LogP contribution in [0.3, 0.4) is 0 Å². The van der Waals surface area contributed by atoms with Gasteiger partial charge in [0.25, 0.3) is 0 Å². The van der Waals surface area contributed by atoms with Gasteiger partial charge in [-0.15, -0.1) is 0 Å². The molecule has 0 aromatic carbocycles. The Morgan fingerprint density at radius 1 is 1.38 bits per heavy atom. The molecule has 1 saturated carbocycles. The minimum Gasteiger partial charge on any atom is -0.481 e. The van der Waals surface area contributed by atoms with Gasteiger partial charge in [-0.25, -0.2) is 0 Å². The third-order valence-corrected chi connectivity index (χ3v) is 4.95. The number of ether oxygens (including phenoxy) is 2. The van der Waals surface area contributed by atoms with E-state index in [-0.39, 0.29) is 15.4 Å². The number of halogens is 1. The quantitative estimate of drug-likeness (QED) is 0.474. The van der Waals surface area contributed by atoms with Gasteiger partial charge in [0.2, 0.25) is 0 Å². The van der Waals surface area contributed by atoms with E-state index in [9.17, 15) is 4.79 Å². The van der Waals surface area contributed by atoms with Gasteiger partial charge in [0.1, 0.15) is 3.61 Å². The summed E-state index contributed by atoms with van der Waals surface area (Å²) in [5, 5.41) is 8.51. The predicted octanol–water partition coefficient (Wildman–Crippen LogP) is 2.20. The number of aliphatic carboxylic acids is 1. The number of carboxylic acid groups (broad SMARTS) is 1. The van der Waals surface area contributed by atoms with E-state index in [4.69, 9.17) is 14.6 Å². The van der Waals surface area contributed by atoms with Crippen LogP contribution in [0.4, 0.5) is 0 Å². The third kappa shape index (κ3) is 2.87. The lowest BCUT2D eigenvalue weighted by Crippen LogP contribution is -2.49. The number of carbonyl (C=O) groups is 1. The summed E-state index contributed by atoms with van der Waals surface area (Å²) < 4.78 is 11.4. The van der Waals surface area contributed by atoms with Crippen LogP contribution in [0.5, 0.6) is 0 Å². The number of hydrogen-bond acceptors (Lipinski definition) is 3. The number of carboxylic acids is 1. The summed E-state index contributed by atoms with van der Waals surface area (Å²) in [6.07, 6.45) is 4.56. The molecule has 2 heterocycles. The molecular weight excluding hydrogens is 323 g/mol. The molecule has 0 aromatic heterocycles. The molecule has 4 nitrogen and oxygen atoms in total. The van der Waals surface area contributed by atoms with Gasteiger partial charge >= 0.3 is 5.97 Å². The van der Waals surface area contributed by atoms with E-state index in [1.54, 1.807) is 0 Å². The van der Waals surface area contributed by atoms with Gasteiger partial charge in [-0.3, -0.25) is 4.79 Å². The van der Waals surface area contributed by atoms with Gasteiger partial charge in [-0.1, -0.05) is 0 Å². The second kappa shape index (κ2) is 4.78. The van der Waals surface area contributed by atoms with Crippen LogP contribution in [0.15, 0.2) is 0 Å². The van der Waals surface area contributed by atoms with Crippen LogP contribution in [-0.2, 0) is 14.3 Å². The maximum Gasteiger partial charge on any atom is 0.305 e. The first-order valence-electron chi connectivity index (χ1n) is 5.66. The van der Waals surface area contributed by atoms with Gasteiger partial charge < -0.3 is 14.6 Å². The maximum atomic E-state index is 10.3. The summed E-state index contributed by atoms with van der Waals surface area (Å²) in [5.74, 6) is -0.799. The van der Waals surface area contributed by atoms with Gasteiger partial charge in [-0.2, -0.15) is 0 Å². The third-order valence-electron chi connectivity index (χ3n) is 3.56. The first-order chi connectivity index (χ1) is 7.54. The number of alkyl halides is 1. The Bertz CT molecular complexity index is 255. The van der Waals surface area contributed by atoms with E-state index in [1.807, 2.05) is 0 Å². The molecular formula is C11H17IO4. The first-order valence-corrected chi connectivity index (χ1v) is 6.74. The SMILES string of the molecule is O=C(O)CCOCC12CCC(I)(CC1)OC2. The lowest BCUT2D eigenvalue weighted by Gasteiger charge is -2.50. The fourth-order valence-corrected chi connectivity index (χ4v) is 3.05. The largest absolute Gasteiger partial charge is 0.481 e. The second-order valence-corrected chi connectivity index (χ2v) is 6.83. The summed E-state index contributed by atoms with van der Waals surface area (Å²) in [5.41, 5.74) is 0.158. The Balaban J connectivity index is 1.75. The van der Waals surface area contributed by atoms with Crippen LogP contribution in [0, 0.1) is 5.41 Å². The minimum absolute atomic E-state index is 0.0700. The van der Waals surface area contributed by atoms with Crippen molar-refractivity contribution in [3.63, 3.8) is 0 Å².